The summed E-state index contributed by atoms with van der Waals surface area (Å²) in [7, 11) is 0. The number of hydrogen-bond acceptors (Lipinski definition) is 4. The van der Waals surface area contributed by atoms with Crippen LogP contribution >= 0.6 is 11.6 Å². The predicted molar refractivity (Wildman–Crippen MR) is 84.6 cm³/mol. The van der Waals surface area contributed by atoms with Gasteiger partial charge in [-0.2, -0.15) is 0 Å². The van der Waals surface area contributed by atoms with Crippen molar-refractivity contribution in [3.63, 3.8) is 0 Å². The summed E-state index contributed by atoms with van der Waals surface area (Å²) in [5.74, 6) is 1.37. The molecule has 1 N–H and O–H groups in total. The van der Waals surface area contributed by atoms with Crippen molar-refractivity contribution < 1.29 is 4.74 Å². The van der Waals surface area contributed by atoms with Crippen LogP contribution in [0.4, 0.5) is 5.82 Å². The molecule has 2 heterocycles. The molecule has 1 aromatic carbocycles. The number of halogens is 1. The van der Waals surface area contributed by atoms with Crippen molar-refractivity contribution in [2.45, 2.75) is 25.3 Å². The maximum absolute atomic E-state index is 6.14. The topological polar surface area (TPSA) is 47.0 Å². The van der Waals surface area contributed by atoms with E-state index in [-0.39, 0.29) is 5.54 Å². The van der Waals surface area contributed by atoms with Gasteiger partial charge >= 0.3 is 0 Å². The van der Waals surface area contributed by atoms with Crippen molar-refractivity contribution in [2.75, 3.05) is 18.5 Å². The number of aromatic nitrogens is 2. The van der Waals surface area contributed by atoms with E-state index in [1.165, 1.54) is 0 Å². The Hall–Kier alpha value is -1.65. The van der Waals surface area contributed by atoms with Crippen molar-refractivity contribution in [3.05, 3.63) is 41.6 Å². The van der Waals surface area contributed by atoms with E-state index in [0.29, 0.717) is 17.6 Å². The van der Waals surface area contributed by atoms with Gasteiger partial charge in [-0.3, -0.25) is 0 Å². The quantitative estimate of drug-likeness (QED) is 0.877. The van der Waals surface area contributed by atoms with Crippen LogP contribution in [0.2, 0.25) is 5.15 Å². The third kappa shape index (κ3) is 3.52. The lowest BCUT2D eigenvalue weighted by Gasteiger charge is -2.34. The van der Waals surface area contributed by atoms with Gasteiger partial charge in [0, 0.05) is 18.2 Å². The van der Waals surface area contributed by atoms with E-state index in [4.69, 9.17) is 16.3 Å². The first kappa shape index (κ1) is 14.3. The highest BCUT2D eigenvalue weighted by Gasteiger charge is 2.28. The molecule has 0 radical (unpaired) electrons. The number of anilines is 1. The minimum Gasteiger partial charge on any atom is -0.379 e. The molecule has 1 aliphatic heterocycles. The van der Waals surface area contributed by atoms with Crippen molar-refractivity contribution in [1.29, 1.82) is 0 Å². The van der Waals surface area contributed by atoms with E-state index in [2.05, 4.69) is 22.2 Å². The van der Waals surface area contributed by atoms with Crippen LogP contribution < -0.4 is 5.32 Å². The molecular formula is C16H18ClN3O. The standard InChI is InChI=1S/C16H18ClN3O/c1-16(8-5-9-21-11-16)20-14-10-13(17)18-15(19-14)12-6-3-2-4-7-12/h2-4,6-7,10H,5,8-9,11H2,1H3,(H,18,19,20). The molecule has 1 atom stereocenters. The predicted octanol–water partition coefficient (Wildman–Crippen LogP) is 3.78. The Morgan fingerprint density at radius 2 is 2.05 bits per heavy atom. The van der Waals surface area contributed by atoms with E-state index in [0.717, 1.165) is 30.8 Å². The summed E-state index contributed by atoms with van der Waals surface area (Å²) >= 11 is 6.14. The van der Waals surface area contributed by atoms with Crippen molar-refractivity contribution in [2.24, 2.45) is 0 Å². The van der Waals surface area contributed by atoms with E-state index in [1.54, 1.807) is 6.07 Å². The Bertz CT molecular complexity index is 612. The molecule has 1 fully saturated rings. The molecule has 1 aliphatic rings. The second-order valence-corrected chi connectivity index (χ2v) is 5.99. The van der Waals surface area contributed by atoms with E-state index in [9.17, 15) is 0 Å². The molecule has 5 heteroatoms. The summed E-state index contributed by atoms with van der Waals surface area (Å²) in [6.45, 7) is 3.65. The highest BCUT2D eigenvalue weighted by molar-refractivity contribution is 6.29. The number of nitrogens with zero attached hydrogens (tertiary/aromatic N) is 2. The van der Waals surface area contributed by atoms with Crippen LogP contribution in [0.3, 0.4) is 0 Å². The largest absolute Gasteiger partial charge is 0.379 e. The molecule has 21 heavy (non-hydrogen) atoms. The maximum Gasteiger partial charge on any atom is 0.163 e. The molecule has 0 aliphatic carbocycles. The lowest BCUT2D eigenvalue weighted by atomic mass is 9.95. The van der Waals surface area contributed by atoms with Gasteiger partial charge < -0.3 is 10.1 Å². The fourth-order valence-electron chi connectivity index (χ4n) is 2.54. The second-order valence-electron chi connectivity index (χ2n) is 5.61. The van der Waals surface area contributed by atoms with E-state index < -0.39 is 0 Å². The SMILES string of the molecule is CC1(Nc2cc(Cl)nc(-c3ccccc3)n2)CCCOC1. The molecule has 3 rings (SSSR count). The molecule has 2 aromatic rings. The highest BCUT2D eigenvalue weighted by atomic mass is 35.5. The van der Waals surface area contributed by atoms with Gasteiger partial charge in [0.1, 0.15) is 11.0 Å². The van der Waals surface area contributed by atoms with Gasteiger partial charge in [-0.25, -0.2) is 9.97 Å². The van der Waals surface area contributed by atoms with Gasteiger partial charge in [0.25, 0.3) is 0 Å². The Kier molecular flexibility index (Phi) is 4.08. The van der Waals surface area contributed by atoms with Gasteiger partial charge in [0.2, 0.25) is 0 Å². The smallest absolute Gasteiger partial charge is 0.163 e. The van der Waals surface area contributed by atoms with Gasteiger partial charge in [0.05, 0.1) is 12.1 Å². The third-order valence-electron chi connectivity index (χ3n) is 3.59. The summed E-state index contributed by atoms with van der Waals surface area (Å²) in [5, 5.41) is 3.88. The minimum absolute atomic E-state index is 0.107. The number of rotatable bonds is 3. The molecule has 0 spiro atoms. The summed E-state index contributed by atoms with van der Waals surface area (Å²) in [5.41, 5.74) is 0.845. The summed E-state index contributed by atoms with van der Waals surface area (Å²) < 4.78 is 5.56. The number of hydrogen-bond donors (Lipinski definition) is 1. The number of benzene rings is 1. The van der Waals surface area contributed by atoms with E-state index in [1.807, 2.05) is 30.3 Å². The normalized spacial score (nSPS) is 22.0. The zero-order valence-electron chi connectivity index (χ0n) is 12.0. The van der Waals surface area contributed by atoms with Gasteiger partial charge in [-0.05, 0) is 19.8 Å². The third-order valence-corrected chi connectivity index (χ3v) is 3.79. The molecule has 4 nitrogen and oxygen atoms in total. The summed E-state index contributed by atoms with van der Waals surface area (Å²) in [6.07, 6.45) is 2.10. The van der Waals surface area contributed by atoms with Crippen LogP contribution in [-0.4, -0.2) is 28.7 Å². The van der Waals surface area contributed by atoms with Crippen LogP contribution in [0, 0.1) is 0 Å². The number of nitrogens with one attached hydrogen (secondary N) is 1. The van der Waals surface area contributed by atoms with E-state index >= 15 is 0 Å². The lowest BCUT2D eigenvalue weighted by molar-refractivity contribution is 0.0539. The Morgan fingerprint density at radius 1 is 1.24 bits per heavy atom. The average Bonchev–Trinajstić information content (AvgIpc) is 2.48. The lowest BCUT2D eigenvalue weighted by Crippen LogP contribution is -2.43. The fourth-order valence-corrected chi connectivity index (χ4v) is 2.72. The molecule has 1 unspecified atom stereocenters. The van der Waals surface area contributed by atoms with Crippen LogP contribution in [0.1, 0.15) is 19.8 Å². The van der Waals surface area contributed by atoms with Crippen molar-refractivity contribution in [1.82, 2.24) is 9.97 Å². The molecule has 0 bridgehead atoms. The molecule has 0 saturated carbocycles. The monoisotopic (exact) mass is 303 g/mol. The first-order valence-corrected chi connectivity index (χ1v) is 7.48. The maximum atomic E-state index is 6.14. The molecule has 1 saturated heterocycles. The van der Waals surface area contributed by atoms with Gasteiger partial charge in [0.15, 0.2) is 5.82 Å². The van der Waals surface area contributed by atoms with Gasteiger partial charge in [-0.15, -0.1) is 0 Å². The Morgan fingerprint density at radius 3 is 2.76 bits per heavy atom. The highest BCUT2D eigenvalue weighted by Crippen LogP contribution is 2.26. The molecule has 110 valence electrons. The fraction of sp³-hybridized carbons (Fsp3) is 0.375. The molecule has 1 aromatic heterocycles. The Labute approximate surface area is 129 Å². The van der Waals surface area contributed by atoms with Crippen LogP contribution in [0.25, 0.3) is 11.4 Å². The first-order chi connectivity index (χ1) is 10.1. The van der Waals surface area contributed by atoms with Crippen molar-refractivity contribution in [3.8, 4) is 11.4 Å². The zero-order chi connectivity index (χ0) is 14.7. The number of ether oxygens (including phenoxy) is 1. The minimum atomic E-state index is -0.107. The van der Waals surface area contributed by atoms with Crippen LogP contribution in [0.15, 0.2) is 36.4 Å². The Balaban J connectivity index is 1.88. The average molecular weight is 304 g/mol. The van der Waals surface area contributed by atoms with Gasteiger partial charge in [-0.1, -0.05) is 41.9 Å². The van der Waals surface area contributed by atoms with Crippen molar-refractivity contribution >= 4 is 17.4 Å². The summed E-state index contributed by atoms with van der Waals surface area (Å²) in [6, 6.07) is 11.6. The molecule has 0 amide bonds. The first-order valence-electron chi connectivity index (χ1n) is 7.11. The van der Waals surface area contributed by atoms with Crippen LogP contribution in [-0.2, 0) is 4.74 Å². The zero-order valence-corrected chi connectivity index (χ0v) is 12.7. The second kappa shape index (κ2) is 6.00. The van der Waals surface area contributed by atoms with Crippen LogP contribution in [0.5, 0.6) is 0 Å². The summed E-state index contributed by atoms with van der Waals surface area (Å²) in [4.78, 5) is 8.88. The molecular weight excluding hydrogens is 286 g/mol.